The standard InChI is InChI=1S/C17H24N2O5S/c1-13(20)12-24-17(21)15-11-14(25(22,23)18(2)3)7-8-16(15)19-9-5-4-6-10-19/h7-8,11H,4-6,9-10,12H2,1-3H3. The third-order valence-electron chi connectivity index (χ3n) is 4.07. The Morgan fingerprint density at radius 2 is 1.80 bits per heavy atom. The van der Waals surface area contributed by atoms with E-state index in [-0.39, 0.29) is 22.8 Å². The van der Waals surface area contributed by atoms with E-state index in [1.54, 1.807) is 6.07 Å². The summed E-state index contributed by atoms with van der Waals surface area (Å²) < 4.78 is 30.8. The molecule has 1 fully saturated rings. The molecule has 2 rings (SSSR count). The molecule has 0 aliphatic carbocycles. The van der Waals surface area contributed by atoms with Crippen LogP contribution < -0.4 is 4.90 Å². The molecule has 1 aromatic rings. The Kier molecular flexibility index (Phi) is 6.18. The van der Waals surface area contributed by atoms with Crippen molar-refractivity contribution in [2.45, 2.75) is 31.1 Å². The SMILES string of the molecule is CC(=O)COC(=O)c1cc(S(=O)(=O)N(C)C)ccc1N1CCCCC1. The molecule has 0 bridgehead atoms. The van der Waals surface area contributed by atoms with Gasteiger partial charge in [0.25, 0.3) is 0 Å². The van der Waals surface area contributed by atoms with Gasteiger partial charge in [0.05, 0.1) is 16.1 Å². The van der Waals surface area contributed by atoms with Crippen molar-refractivity contribution in [1.82, 2.24) is 4.31 Å². The molecule has 25 heavy (non-hydrogen) atoms. The number of rotatable bonds is 6. The molecule has 1 saturated heterocycles. The number of esters is 1. The quantitative estimate of drug-likeness (QED) is 0.710. The predicted octanol–water partition coefficient (Wildman–Crippen LogP) is 1.67. The molecule has 1 aliphatic rings. The summed E-state index contributed by atoms with van der Waals surface area (Å²) in [6, 6.07) is 4.48. The van der Waals surface area contributed by atoms with E-state index >= 15 is 0 Å². The molecular weight excluding hydrogens is 344 g/mol. The average molecular weight is 368 g/mol. The van der Waals surface area contributed by atoms with E-state index in [4.69, 9.17) is 4.74 Å². The molecular formula is C17H24N2O5S. The lowest BCUT2D eigenvalue weighted by atomic mass is 10.1. The zero-order valence-electron chi connectivity index (χ0n) is 14.8. The van der Waals surface area contributed by atoms with Gasteiger partial charge in [0, 0.05) is 27.2 Å². The van der Waals surface area contributed by atoms with E-state index in [9.17, 15) is 18.0 Å². The molecule has 0 saturated carbocycles. The minimum absolute atomic E-state index is 0.0213. The molecule has 0 unspecified atom stereocenters. The van der Waals surface area contributed by atoms with Crippen molar-refractivity contribution in [3.63, 3.8) is 0 Å². The number of hydrogen-bond donors (Lipinski definition) is 0. The number of ether oxygens (including phenoxy) is 1. The van der Waals surface area contributed by atoms with Gasteiger partial charge in [0.1, 0.15) is 6.61 Å². The van der Waals surface area contributed by atoms with Gasteiger partial charge in [-0.3, -0.25) is 4.79 Å². The Morgan fingerprint density at radius 1 is 1.16 bits per heavy atom. The third-order valence-corrected chi connectivity index (χ3v) is 5.88. The van der Waals surface area contributed by atoms with Crippen molar-refractivity contribution < 1.29 is 22.7 Å². The summed E-state index contributed by atoms with van der Waals surface area (Å²) in [6.07, 6.45) is 3.16. The van der Waals surface area contributed by atoms with Gasteiger partial charge in [-0.15, -0.1) is 0 Å². The van der Waals surface area contributed by atoms with Gasteiger partial charge in [0.2, 0.25) is 10.0 Å². The van der Waals surface area contributed by atoms with Gasteiger partial charge in [-0.2, -0.15) is 0 Å². The van der Waals surface area contributed by atoms with Crippen molar-refractivity contribution in [2.24, 2.45) is 0 Å². The second kappa shape index (κ2) is 7.97. The number of carbonyl (C=O) groups excluding carboxylic acids is 2. The molecule has 1 aromatic carbocycles. The van der Waals surface area contributed by atoms with Crippen molar-refractivity contribution >= 4 is 27.5 Å². The topological polar surface area (TPSA) is 84.0 Å². The van der Waals surface area contributed by atoms with Crippen molar-refractivity contribution in [1.29, 1.82) is 0 Å². The van der Waals surface area contributed by atoms with Gasteiger partial charge in [-0.1, -0.05) is 0 Å². The Morgan fingerprint density at radius 3 is 2.36 bits per heavy atom. The predicted molar refractivity (Wildman–Crippen MR) is 94.3 cm³/mol. The third kappa shape index (κ3) is 4.58. The summed E-state index contributed by atoms with van der Waals surface area (Å²) in [5.41, 5.74) is 0.817. The number of sulfonamides is 1. The smallest absolute Gasteiger partial charge is 0.340 e. The summed E-state index contributed by atoms with van der Waals surface area (Å²) in [4.78, 5) is 25.6. The van der Waals surface area contributed by atoms with Gasteiger partial charge < -0.3 is 9.64 Å². The minimum Gasteiger partial charge on any atom is -0.454 e. The monoisotopic (exact) mass is 368 g/mol. The minimum atomic E-state index is -3.67. The van der Waals surface area contributed by atoms with Crippen LogP contribution in [-0.2, 0) is 19.6 Å². The summed E-state index contributed by atoms with van der Waals surface area (Å²) in [5.74, 6) is -0.962. The number of benzene rings is 1. The highest BCUT2D eigenvalue weighted by Gasteiger charge is 2.25. The molecule has 138 valence electrons. The lowest BCUT2D eigenvalue weighted by molar-refractivity contribution is -0.120. The zero-order chi connectivity index (χ0) is 18.6. The first-order valence-corrected chi connectivity index (χ1v) is 9.65. The van der Waals surface area contributed by atoms with Crippen LogP contribution in [0.4, 0.5) is 5.69 Å². The fraction of sp³-hybridized carbons (Fsp3) is 0.529. The van der Waals surface area contributed by atoms with E-state index in [2.05, 4.69) is 4.90 Å². The van der Waals surface area contributed by atoms with Crippen LogP contribution in [0, 0.1) is 0 Å². The number of nitrogens with zero attached hydrogens (tertiary/aromatic N) is 2. The molecule has 7 nitrogen and oxygen atoms in total. The van der Waals surface area contributed by atoms with Crippen LogP contribution in [0.2, 0.25) is 0 Å². The van der Waals surface area contributed by atoms with Crippen LogP contribution in [0.3, 0.4) is 0 Å². The summed E-state index contributed by atoms with van der Waals surface area (Å²) in [7, 11) is -0.807. The maximum atomic E-state index is 12.5. The molecule has 0 N–H and O–H groups in total. The Labute approximate surface area is 148 Å². The van der Waals surface area contributed by atoms with Crippen LogP contribution in [0.15, 0.2) is 23.1 Å². The first kappa shape index (κ1) is 19.4. The van der Waals surface area contributed by atoms with E-state index < -0.39 is 16.0 Å². The molecule has 1 aliphatic heterocycles. The zero-order valence-corrected chi connectivity index (χ0v) is 15.6. The van der Waals surface area contributed by atoms with E-state index in [1.165, 1.54) is 33.2 Å². The normalized spacial score (nSPS) is 15.3. The highest BCUT2D eigenvalue weighted by atomic mass is 32.2. The van der Waals surface area contributed by atoms with Crippen LogP contribution in [-0.4, -0.2) is 58.3 Å². The lowest BCUT2D eigenvalue weighted by Crippen LogP contribution is -2.31. The maximum Gasteiger partial charge on any atom is 0.340 e. The Bertz CT molecular complexity index is 752. The molecule has 0 radical (unpaired) electrons. The highest BCUT2D eigenvalue weighted by molar-refractivity contribution is 7.89. The molecule has 0 amide bonds. The Hall–Kier alpha value is -1.93. The van der Waals surface area contributed by atoms with E-state index in [0.717, 1.165) is 36.7 Å². The van der Waals surface area contributed by atoms with Crippen molar-refractivity contribution in [3.05, 3.63) is 23.8 Å². The highest BCUT2D eigenvalue weighted by Crippen LogP contribution is 2.28. The number of Topliss-reactive ketones (excluding diaryl/α,β-unsaturated/α-hetero) is 1. The largest absolute Gasteiger partial charge is 0.454 e. The van der Waals surface area contributed by atoms with Crippen LogP contribution in [0.5, 0.6) is 0 Å². The summed E-state index contributed by atoms with van der Waals surface area (Å²) in [6.45, 7) is 2.59. The van der Waals surface area contributed by atoms with Gasteiger partial charge in [0.15, 0.2) is 5.78 Å². The fourth-order valence-electron chi connectivity index (χ4n) is 2.71. The van der Waals surface area contributed by atoms with Crippen LogP contribution >= 0.6 is 0 Å². The maximum absolute atomic E-state index is 12.5. The summed E-state index contributed by atoms with van der Waals surface area (Å²) in [5, 5.41) is 0. The summed E-state index contributed by atoms with van der Waals surface area (Å²) >= 11 is 0. The fourth-order valence-corrected chi connectivity index (χ4v) is 3.63. The number of carbonyl (C=O) groups is 2. The molecule has 1 heterocycles. The molecule has 0 atom stereocenters. The average Bonchev–Trinajstić information content (AvgIpc) is 2.59. The number of anilines is 1. The lowest BCUT2D eigenvalue weighted by Gasteiger charge is -2.30. The second-order valence-electron chi connectivity index (χ2n) is 6.29. The van der Waals surface area contributed by atoms with Crippen molar-refractivity contribution in [3.8, 4) is 0 Å². The second-order valence-corrected chi connectivity index (χ2v) is 8.44. The number of hydrogen-bond acceptors (Lipinski definition) is 6. The van der Waals surface area contributed by atoms with Gasteiger partial charge in [-0.05, 0) is 44.4 Å². The van der Waals surface area contributed by atoms with E-state index in [1.807, 2.05) is 0 Å². The first-order chi connectivity index (χ1) is 11.7. The first-order valence-electron chi connectivity index (χ1n) is 8.21. The van der Waals surface area contributed by atoms with Gasteiger partial charge in [-0.25, -0.2) is 17.5 Å². The molecule has 8 heteroatoms. The van der Waals surface area contributed by atoms with Crippen molar-refractivity contribution in [2.75, 3.05) is 38.7 Å². The molecule has 0 aromatic heterocycles. The van der Waals surface area contributed by atoms with Crippen LogP contribution in [0.25, 0.3) is 0 Å². The Balaban J connectivity index is 2.44. The number of piperidine rings is 1. The van der Waals surface area contributed by atoms with Crippen LogP contribution in [0.1, 0.15) is 36.5 Å². The number of ketones is 1. The van der Waals surface area contributed by atoms with E-state index in [0.29, 0.717) is 5.69 Å². The molecule has 0 spiro atoms. The van der Waals surface area contributed by atoms with Gasteiger partial charge >= 0.3 is 5.97 Å².